The summed E-state index contributed by atoms with van der Waals surface area (Å²) >= 11 is 0. The summed E-state index contributed by atoms with van der Waals surface area (Å²) in [7, 11) is 0. The molecule has 1 aliphatic rings. The van der Waals surface area contributed by atoms with E-state index in [-0.39, 0.29) is 31.0 Å². The molecule has 2 aromatic carbocycles. The predicted octanol–water partition coefficient (Wildman–Crippen LogP) is 3.83. The van der Waals surface area contributed by atoms with E-state index in [0.717, 1.165) is 17.7 Å². The van der Waals surface area contributed by atoms with Crippen LogP contribution in [0.1, 0.15) is 41.7 Å². The van der Waals surface area contributed by atoms with Crippen LogP contribution in [0.4, 0.5) is 13.2 Å². The molecule has 0 radical (unpaired) electrons. The second-order valence-corrected chi connectivity index (χ2v) is 6.93. The van der Waals surface area contributed by atoms with Gasteiger partial charge in [0.2, 0.25) is 5.91 Å². The highest BCUT2D eigenvalue weighted by atomic mass is 19.2. The van der Waals surface area contributed by atoms with Crippen molar-refractivity contribution in [1.29, 1.82) is 0 Å². The zero-order valence-corrected chi connectivity index (χ0v) is 15.4. The van der Waals surface area contributed by atoms with Gasteiger partial charge in [0.1, 0.15) is 0 Å². The molecule has 148 valence electrons. The van der Waals surface area contributed by atoms with Gasteiger partial charge in [-0.2, -0.15) is 0 Å². The van der Waals surface area contributed by atoms with Gasteiger partial charge in [-0.1, -0.05) is 30.3 Å². The second kappa shape index (κ2) is 8.46. The molecule has 7 heteroatoms. The number of halogens is 3. The molecule has 2 aromatic rings. The monoisotopic (exact) mass is 390 g/mol. The summed E-state index contributed by atoms with van der Waals surface area (Å²) in [5.74, 6) is -5.53. The standard InChI is InChI=1S/C21H21F3N2O2/c1-13(14-5-3-2-4-6-14)25-20(27)15-9-11-26(12-10-15)21(28)16-7-8-17(22)19(24)18(16)23/h2-8,13,15H,9-12H2,1H3,(H,25,27). The van der Waals surface area contributed by atoms with E-state index in [1.54, 1.807) is 0 Å². The number of carbonyl (C=O) groups is 2. The zero-order valence-electron chi connectivity index (χ0n) is 15.4. The number of hydrogen-bond acceptors (Lipinski definition) is 2. The van der Waals surface area contributed by atoms with Crippen LogP contribution in [-0.2, 0) is 4.79 Å². The van der Waals surface area contributed by atoms with E-state index in [4.69, 9.17) is 0 Å². The van der Waals surface area contributed by atoms with Crippen molar-refractivity contribution in [2.24, 2.45) is 5.92 Å². The number of rotatable bonds is 4. The largest absolute Gasteiger partial charge is 0.349 e. The summed E-state index contributed by atoms with van der Waals surface area (Å²) in [5, 5.41) is 2.97. The Morgan fingerprint density at radius 3 is 2.29 bits per heavy atom. The molecule has 0 spiro atoms. The Morgan fingerprint density at radius 1 is 1.00 bits per heavy atom. The molecule has 1 aliphatic heterocycles. The van der Waals surface area contributed by atoms with Crippen molar-refractivity contribution in [3.05, 3.63) is 71.0 Å². The molecule has 1 heterocycles. The molecule has 0 aromatic heterocycles. The van der Waals surface area contributed by atoms with Gasteiger partial charge >= 0.3 is 0 Å². The first-order chi connectivity index (χ1) is 13.4. The average molecular weight is 390 g/mol. The van der Waals surface area contributed by atoms with Crippen LogP contribution in [0, 0.1) is 23.4 Å². The summed E-state index contributed by atoms with van der Waals surface area (Å²) in [4.78, 5) is 26.3. The maximum atomic E-state index is 13.9. The lowest BCUT2D eigenvalue weighted by molar-refractivity contribution is -0.127. The van der Waals surface area contributed by atoms with Crippen molar-refractivity contribution in [3.63, 3.8) is 0 Å². The van der Waals surface area contributed by atoms with Crippen LogP contribution >= 0.6 is 0 Å². The van der Waals surface area contributed by atoms with E-state index in [9.17, 15) is 22.8 Å². The van der Waals surface area contributed by atoms with Gasteiger partial charge in [-0.15, -0.1) is 0 Å². The lowest BCUT2D eigenvalue weighted by Gasteiger charge is -2.32. The predicted molar refractivity (Wildman–Crippen MR) is 97.9 cm³/mol. The van der Waals surface area contributed by atoms with Crippen LogP contribution in [-0.4, -0.2) is 29.8 Å². The molecule has 28 heavy (non-hydrogen) atoms. The number of hydrogen-bond donors (Lipinski definition) is 1. The van der Waals surface area contributed by atoms with E-state index < -0.39 is 28.9 Å². The van der Waals surface area contributed by atoms with Gasteiger partial charge in [-0.3, -0.25) is 9.59 Å². The molecule has 4 nitrogen and oxygen atoms in total. The molecular weight excluding hydrogens is 369 g/mol. The zero-order chi connectivity index (χ0) is 20.3. The molecule has 1 saturated heterocycles. The van der Waals surface area contributed by atoms with Gasteiger partial charge in [0, 0.05) is 19.0 Å². The molecule has 0 bridgehead atoms. The van der Waals surface area contributed by atoms with Crippen LogP contribution in [0.15, 0.2) is 42.5 Å². The first-order valence-electron chi connectivity index (χ1n) is 9.16. The first-order valence-corrected chi connectivity index (χ1v) is 9.16. The maximum absolute atomic E-state index is 13.9. The summed E-state index contributed by atoms with van der Waals surface area (Å²) in [6.07, 6.45) is 0.842. The molecule has 1 atom stereocenters. The topological polar surface area (TPSA) is 49.4 Å². The van der Waals surface area contributed by atoms with Gasteiger partial charge in [0.15, 0.2) is 17.5 Å². The van der Waals surface area contributed by atoms with Crippen LogP contribution < -0.4 is 5.32 Å². The van der Waals surface area contributed by atoms with Crippen molar-refractivity contribution >= 4 is 11.8 Å². The third-order valence-corrected chi connectivity index (χ3v) is 5.08. The van der Waals surface area contributed by atoms with Gasteiger partial charge in [-0.05, 0) is 37.5 Å². The molecule has 0 saturated carbocycles. The first kappa shape index (κ1) is 19.9. The Hall–Kier alpha value is -2.83. The van der Waals surface area contributed by atoms with Crippen molar-refractivity contribution in [2.75, 3.05) is 13.1 Å². The molecule has 1 fully saturated rings. The number of nitrogens with zero attached hydrogens (tertiary/aromatic N) is 1. The fourth-order valence-electron chi connectivity index (χ4n) is 3.36. The van der Waals surface area contributed by atoms with Gasteiger partial charge in [-0.25, -0.2) is 13.2 Å². The molecule has 0 aliphatic carbocycles. The number of likely N-dealkylation sites (tertiary alicyclic amines) is 1. The van der Waals surface area contributed by atoms with Gasteiger partial charge in [0.25, 0.3) is 5.91 Å². The third kappa shape index (κ3) is 4.18. The number of piperidine rings is 1. The molecular formula is C21H21F3N2O2. The van der Waals surface area contributed by atoms with Crippen molar-refractivity contribution in [2.45, 2.75) is 25.8 Å². The Labute approximate surface area is 161 Å². The highest BCUT2D eigenvalue weighted by Gasteiger charge is 2.30. The highest BCUT2D eigenvalue weighted by Crippen LogP contribution is 2.23. The van der Waals surface area contributed by atoms with Crippen molar-refractivity contribution < 1.29 is 22.8 Å². The lowest BCUT2D eigenvalue weighted by atomic mass is 9.94. The summed E-state index contributed by atoms with van der Waals surface area (Å²) in [5.41, 5.74) is 0.497. The van der Waals surface area contributed by atoms with Gasteiger partial charge in [0.05, 0.1) is 11.6 Å². The highest BCUT2D eigenvalue weighted by molar-refractivity contribution is 5.94. The quantitative estimate of drug-likeness (QED) is 0.807. The van der Waals surface area contributed by atoms with Crippen molar-refractivity contribution in [3.8, 4) is 0 Å². The minimum atomic E-state index is -1.66. The Morgan fingerprint density at radius 2 is 1.64 bits per heavy atom. The third-order valence-electron chi connectivity index (χ3n) is 5.08. The number of nitrogens with one attached hydrogen (secondary N) is 1. The van der Waals surface area contributed by atoms with Crippen LogP contribution in [0.2, 0.25) is 0 Å². The SMILES string of the molecule is CC(NC(=O)C1CCN(C(=O)c2ccc(F)c(F)c2F)CC1)c1ccccc1. The second-order valence-electron chi connectivity index (χ2n) is 6.93. The van der Waals surface area contributed by atoms with E-state index in [1.165, 1.54) is 4.90 Å². The fourth-order valence-corrected chi connectivity index (χ4v) is 3.36. The Bertz CT molecular complexity index is 865. The van der Waals surface area contributed by atoms with E-state index in [1.807, 2.05) is 37.3 Å². The molecule has 3 rings (SSSR count). The normalized spacial score (nSPS) is 15.9. The molecule has 2 amide bonds. The number of carbonyl (C=O) groups excluding carboxylic acids is 2. The number of benzene rings is 2. The van der Waals surface area contributed by atoms with Crippen LogP contribution in [0.3, 0.4) is 0 Å². The minimum Gasteiger partial charge on any atom is -0.349 e. The van der Waals surface area contributed by atoms with E-state index >= 15 is 0 Å². The summed E-state index contributed by atoms with van der Waals surface area (Å²) < 4.78 is 40.3. The smallest absolute Gasteiger partial charge is 0.256 e. The fraction of sp³-hybridized carbons (Fsp3) is 0.333. The summed E-state index contributed by atoms with van der Waals surface area (Å²) in [6.45, 7) is 2.39. The van der Waals surface area contributed by atoms with Gasteiger partial charge < -0.3 is 10.2 Å². The maximum Gasteiger partial charge on any atom is 0.256 e. The molecule has 1 unspecified atom stereocenters. The Balaban J connectivity index is 1.57. The average Bonchev–Trinajstić information content (AvgIpc) is 2.72. The van der Waals surface area contributed by atoms with Crippen LogP contribution in [0.25, 0.3) is 0 Å². The van der Waals surface area contributed by atoms with Crippen molar-refractivity contribution in [1.82, 2.24) is 10.2 Å². The summed E-state index contributed by atoms with van der Waals surface area (Å²) in [6, 6.07) is 11.1. The molecule has 1 N–H and O–H groups in total. The number of amides is 2. The van der Waals surface area contributed by atoms with Crippen LogP contribution in [0.5, 0.6) is 0 Å². The Kier molecular flexibility index (Phi) is 6.02. The van der Waals surface area contributed by atoms with E-state index in [0.29, 0.717) is 12.8 Å². The van der Waals surface area contributed by atoms with E-state index in [2.05, 4.69) is 5.32 Å². The minimum absolute atomic E-state index is 0.0949. The lowest BCUT2D eigenvalue weighted by Crippen LogP contribution is -2.43.